The van der Waals surface area contributed by atoms with Gasteiger partial charge < -0.3 is 10.1 Å². The van der Waals surface area contributed by atoms with Crippen molar-refractivity contribution >= 4 is 18.0 Å². The number of rotatable bonds is 6. The van der Waals surface area contributed by atoms with Crippen molar-refractivity contribution in [1.29, 1.82) is 10.5 Å². The standard InChI is InChI=1S/C23H27N3O3/c1-16(2)19-9-7-18(8-10-19)13-20(14-24)22(28)29-17(3)21(27)26-23(15-25)11-5-4-6-12-23/h7-10,13,16-17H,4-6,11-12H2,1-3H3,(H,26,27)/b20-13+/t17-/m0/s1. The molecule has 1 fully saturated rings. The summed E-state index contributed by atoms with van der Waals surface area (Å²) < 4.78 is 5.18. The molecule has 152 valence electrons. The zero-order valence-electron chi connectivity index (χ0n) is 17.2. The van der Waals surface area contributed by atoms with Crippen LogP contribution >= 0.6 is 0 Å². The Kier molecular flexibility index (Phi) is 7.56. The lowest BCUT2D eigenvalue weighted by atomic mass is 9.83. The Morgan fingerprint density at radius 3 is 2.24 bits per heavy atom. The molecule has 0 heterocycles. The molecule has 0 bridgehead atoms. The number of ether oxygens (including phenoxy) is 1. The lowest BCUT2D eigenvalue weighted by Crippen LogP contribution is -2.52. The Hall–Kier alpha value is -3.12. The molecule has 1 aromatic carbocycles. The average Bonchev–Trinajstić information content (AvgIpc) is 2.72. The number of benzene rings is 1. The third kappa shape index (κ3) is 5.93. The molecular formula is C23H27N3O3. The average molecular weight is 393 g/mol. The number of esters is 1. The van der Waals surface area contributed by atoms with Crippen molar-refractivity contribution in [2.24, 2.45) is 0 Å². The Morgan fingerprint density at radius 1 is 1.10 bits per heavy atom. The second-order valence-electron chi connectivity index (χ2n) is 7.78. The fourth-order valence-corrected chi connectivity index (χ4v) is 3.32. The van der Waals surface area contributed by atoms with E-state index in [1.54, 1.807) is 0 Å². The highest BCUT2D eigenvalue weighted by molar-refractivity contribution is 5.99. The van der Waals surface area contributed by atoms with Gasteiger partial charge in [0.2, 0.25) is 0 Å². The molecule has 29 heavy (non-hydrogen) atoms. The number of nitriles is 2. The molecule has 0 aromatic heterocycles. The first-order valence-electron chi connectivity index (χ1n) is 9.96. The van der Waals surface area contributed by atoms with Gasteiger partial charge in [-0.05, 0) is 42.9 Å². The monoisotopic (exact) mass is 393 g/mol. The van der Waals surface area contributed by atoms with Gasteiger partial charge in [0.25, 0.3) is 5.91 Å². The fraction of sp³-hybridized carbons (Fsp3) is 0.478. The van der Waals surface area contributed by atoms with Crippen LogP contribution in [0.5, 0.6) is 0 Å². The Balaban J connectivity index is 2.03. The minimum atomic E-state index is -1.10. The summed E-state index contributed by atoms with van der Waals surface area (Å²) in [5.74, 6) is -1.01. The molecular weight excluding hydrogens is 366 g/mol. The van der Waals surface area contributed by atoms with Crippen LogP contribution in [0, 0.1) is 22.7 Å². The van der Waals surface area contributed by atoms with Crippen molar-refractivity contribution in [3.63, 3.8) is 0 Å². The van der Waals surface area contributed by atoms with Crippen molar-refractivity contribution in [3.8, 4) is 12.1 Å². The second kappa shape index (κ2) is 9.89. The van der Waals surface area contributed by atoms with Gasteiger partial charge in [0.15, 0.2) is 6.10 Å². The minimum Gasteiger partial charge on any atom is -0.448 e. The summed E-state index contributed by atoms with van der Waals surface area (Å²) in [6, 6.07) is 11.6. The highest BCUT2D eigenvalue weighted by atomic mass is 16.5. The molecule has 0 unspecified atom stereocenters. The molecule has 1 saturated carbocycles. The van der Waals surface area contributed by atoms with Crippen molar-refractivity contribution in [2.45, 2.75) is 70.4 Å². The first-order valence-corrected chi connectivity index (χ1v) is 9.96. The van der Waals surface area contributed by atoms with Crippen LogP contribution in [0.15, 0.2) is 29.8 Å². The van der Waals surface area contributed by atoms with Crippen molar-refractivity contribution in [2.75, 3.05) is 0 Å². The van der Waals surface area contributed by atoms with Gasteiger partial charge >= 0.3 is 5.97 Å². The zero-order chi connectivity index (χ0) is 21.4. The van der Waals surface area contributed by atoms with Crippen LogP contribution in [-0.2, 0) is 14.3 Å². The van der Waals surface area contributed by atoms with Crippen LogP contribution in [0.1, 0.15) is 69.9 Å². The van der Waals surface area contributed by atoms with E-state index in [1.165, 1.54) is 13.0 Å². The topological polar surface area (TPSA) is 103 Å². The molecule has 1 atom stereocenters. The van der Waals surface area contributed by atoms with Crippen LogP contribution < -0.4 is 5.32 Å². The quantitative estimate of drug-likeness (QED) is 0.447. The molecule has 1 amide bonds. The van der Waals surface area contributed by atoms with Gasteiger partial charge in [0.1, 0.15) is 17.2 Å². The van der Waals surface area contributed by atoms with Gasteiger partial charge in [0, 0.05) is 0 Å². The molecule has 0 saturated heterocycles. The number of hydrogen-bond acceptors (Lipinski definition) is 5. The second-order valence-corrected chi connectivity index (χ2v) is 7.78. The van der Waals surface area contributed by atoms with E-state index in [0.717, 1.165) is 24.8 Å². The Bertz CT molecular complexity index is 851. The summed E-state index contributed by atoms with van der Waals surface area (Å²) in [6.45, 7) is 5.60. The molecule has 1 aromatic rings. The molecule has 0 spiro atoms. The normalized spacial score (nSPS) is 17.0. The maximum absolute atomic E-state index is 12.4. The van der Waals surface area contributed by atoms with E-state index in [1.807, 2.05) is 30.3 Å². The zero-order valence-corrected chi connectivity index (χ0v) is 17.2. The van der Waals surface area contributed by atoms with E-state index in [4.69, 9.17) is 4.74 Å². The van der Waals surface area contributed by atoms with Crippen LogP contribution in [0.4, 0.5) is 0 Å². The predicted octanol–water partition coefficient (Wildman–Crippen LogP) is 3.99. The number of nitrogens with zero attached hydrogens (tertiary/aromatic N) is 2. The van der Waals surface area contributed by atoms with Crippen molar-refractivity contribution in [1.82, 2.24) is 5.32 Å². The molecule has 6 heteroatoms. The van der Waals surface area contributed by atoms with Crippen LogP contribution in [0.2, 0.25) is 0 Å². The van der Waals surface area contributed by atoms with Gasteiger partial charge in [-0.2, -0.15) is 10.5 Å². The van der Waals surface area contributed by atoms with E-state index < -0.39 is 23.5 Å². The summed E-state index contributed by atoms with van der Waals surface area (Å²) >= 11 is 0. The fourth-order valence-electron chi connectivity index (χ4n) is 3.32. The van der Waals surface area contributed by atoms with E-state index in [-0.39, 0.29) is 5.57 Å². The van der Waals surface area contributed by atoms with E-state index in [2.05, 4.69) is 25.2 Å². The number of hydrogen-bond donors (Lipinski definition) is 1. The number of carbonyl (C=O) groups excluding carboxylic acids is 2. The molecule has 0 radical (unpaired) electrons. The van der Waals surface area contributed by atoms with Crippen LogP contribution in [0.3, 0.4) is 0 Å². The van der Waals surface area contributed by atoms with Crippen LogP contribution in [-0.4, -0.2) is 23.5 Å². The van der Waals surface area contributed by atoms with Gasteiger partial charge in [-0.25, -0.2) is 4.79 Å². The molecule has 2 rings (SSSR count). The molecule has 1 aliphatic carbocycles. The minimum absolute atomic E-state index is 0.186. The lowest BCUT2D eigenvalue weighted by Gasteiger charge is -2.32. The Morgan fingerprint density at radius 2 is 1.72 bits per heavy atom. The summed E-state index contributed by atoms with van der Waals surface area (Å²) in [5, 5.41) is 21.5. The number of carbonyl (C=O) groups is 2. The molecule has 1 N–H and O–H groups in total. The number of amides is 1. The Labute approximate surface area is 172 Å². The van der Waals surface area contributed by atoms with Crippen molar-refractivity contribution < 1.29 is 14.3 Å². The molecule has 6 nitrogen and oxygen atoms in total. The lowest BCUT2D eigenvalue weighted by molar-refractivity contribution is -0.151. The van der Waals surface area contributed by atoms with Gasteiger partial charge in [-0.3, -0.25) is 4.79 Å². The van der Waals surface area contributed by atoms with Crippen LogP contribution in [0.25, 0.3) is 6.08 Å². The first kappa shape index (κ1) is 22.2. The predicted molar refractivity (Wildman–Crippen MR) is 109 cm³/mol. The molecule has 0 aliphatic heterocycles. The van der Waals surface area contributed by atoms with E-state index >= 15 is 0 Å². The molecule has 1 aliphatic rings. The highest BCUT2D eigenvalue weighted by Crippen LogP contribution is 2.27. The summed E-state index contributed by atoms with van der Waals surface area (Å²) in [7, 11) is 0. The third-order valence-electron chi connectivity index (χ3n) is 5.19. The SMILES string of the molecule is CC(C)c1ccc(/C=C(\C#N)C(=O)O[C@@H](C)C(=O)NC2(C#N)CCCCC2)cc1. The smallest absolute Gasteiger partial charge is 0.349 e. The summed E-state index contributed by atoms with van der Waals surface area (Å²) in [4.78, 5) is 24.8. The summed E-state index contributed by atoms with van der Waals surface area (Å²) in [6.07, 6.45) is 4.30. The summed E-state index contributed by atoms with van der Waals surface area (Å²) in [5.41, 5.74) is 0.769. The maximum atomic E-state index is 12.4. The van der Waals surface area contributed by atoms with E-state index in [9.17, 15) is 20.1 Å². The maximum Gasteiger partial charge on any atom is 0.349 e. The largest absolute Gasteiger partial charge is 0.448 e. The van der Waals surface area contributed by atoms with Gasteiger partial charge in [-0.1, -0.05) is 57.4 Å². The first-order chi connectivity index (χ1) is 13.8. The van der Waals surface area contributed by atoms with E-state index in [0.29, 0.717) is 24.3 Å². The van der Waals surface area contributed by atoms with Crippen molar-refractivity contribution in [3.05, 3.63) is 41.0 Å². The third-order valence-corrected chi connectivity index (χ3v) is 5.19. The van der Waals surface area contributed by atoms with Gasteiger partial charge in [-0.15, -0.1) is 0 Å². The highest BCUT2D eigenvalue weighted by Gasteiger charge is 2.35. The van der Waals surface area contributed by atoms with Gasteiger partial charge in [0.05, 0.1) is 6.07 Å². The number of nitrogens with one attached hydrogen (secondary N) is 1.